The number of rotatable bonds is 6. The Hall–Kier alpha value is 1.01. The monoisotopic (exact) mass is 573 g/mol. The Bertz CT molecular complexity index is 407. The van der Waals surface area contributed by atoms with Crippen molar-refractivity contribution in [2.24, 2.45) is 0 Å². The summed E-state index contributed by atoms with van der Waals surface area (Å²) in [6.07, 6.45) is 25.3. The summed E-state index contributed by atoms with van der Waals surface area (Å²) in [5.74, 6) is 0. The molecule has 1 radical (unpaired) electrons. The fourth-order valence-corrected chi connectivity index (χ4v) is 7.30. The van der Waals surface area contributed by atoms with Gasteiger partial charge in [0.2, 0.25) is 0 Å². The van der Waals surface area contributed by atoms with E-state index in [1.54, 1.807) is 0 Å². The van der Waals surface area contributed by atoms with E-state index in [1.165, 1.54) is 128 Å². The first kappa shape index (κ1) is 33.0. The molecule has 0 N–H and O–H groups in total. The summed E-state index contributed by atoms with van der Waals surface area (Å²) in [4.78, 5) is 4.66. The first-order chi connectivity index (χ1) is 15.6. The summed E-state index contributed by atoms with van der Waals surface area (Å²) >= 11 is 0. The van der Waals surface area contributed by atoms with Gasteiger partial charge in [0.05, 0.1) is 0 Å². The molecule has 0 spiro atoms. The maximum Gasteiger partial charge on any atom is 3.00 e. The summed E-state index contributed by atoms with van der Waals surface area (Å²) in [6, 6.07) is 2.41. The molecular formula is C28H52ClN2O2Zr. The van der Waals surface area contributed by atoms with Crippen LogP contribution >= 0.6 is 0 Å². The third-order valence-electron chi connectivity index (χ3n) is 8.83. The molecule has 0 aromatic heterocycles. The van der Waals surface area contributed by atoms with Crippen LogP contribution in [0, 0.1) is 0 Å². The van der Waals surface area contributed by atoms with Gasteiger partial charge in [-0.15, -0.1) is 0 Å². The Labute approximate surface area is 236 Å². The van der Waals surface area contributed by atoms with Crippen LogP contribution in [-0.4, -0.2) is 46.4 Å². The molecule has 0 aliphatic heterocycles. The van der Waals surface area contributed by atoms with Gasteiger partial charge in [0, 0.05) is 24.2 Å². The van der Waals surface area contributed by atoms with Crippen molar-refractivity contribution in [3.8, 4) is 0 Å². The minimum atomic E-state index is -0.494. The van der Waals surface area contributed by atoms with Crippen molar-refractivity contribution < 1.29 is 48.8 Å². The summed E-state index contributed by atoms with van der Waals surface area (Å²) in [5, 5.41) is 23.9. The predicted molar refractivity (Wildman–Crippen MR) is 130 cm³/mol. The van der Waals surface area contributed by atoms with Crippen molar-refractivity contribution in [2.75, 3.05) is 0 Å². The van der Waals surface area contributed by atoms with Gasteiger partial charge in [0.25, 0.3) is 0 Å². The first-order valence-corrected chi connectivity index (χ1v) is 14.4. The molecule has 0 bridgehead atoms. The van der Waals surface area contributed by atoms with Gasteiger partial charge in [-0.05, 0) is 51.4 Å². The molecule has 0 aromatic carbocycles. The van der Waals surface area contributed by atoms with Gasteiger partial charge >= 0.3 is 26.2 Å². The minimum absolute atomic E-state index is 0. The molecule has 6 heteroatoms. The van der Waals surface area contributed by atoms with Gasteiger partial charge in [0.15, 0.2) is 0 Å². The maximum absolute atomic E-state index is 12.0. The van der Waals surface area contributed by atoms with Crippen molar-refractivity contribution in [3.05, 3.63) is 0 Å². The molecule has 0 aromatic rings. The Morgan fingerprint density at radius 2 is 0.618 bits per heavy atom. The molecule has 4 saturated carbocycles. The quantitative estimate of drug-likeness (QED) is 0.457. The number of nitrogens with zero attached hydrogens (tertiary/aromatic N) is 2. The van der Waals surface area contributed by atoms with Crippen LogP contribution in [0.4, 0.5) is 0 Å². The number of halogens is 1. The second kappa shape index (κ2) is 18.3. The topological polar surface area (TPSA) is 52.6 Å². The molecule has 0 saturated heterocycles. The van der Waals surface area contributed by atoms with Gasteiger partial charge in [-0.2, -0.15) is 0 Å². The summed E-state index contributed by atoms with van der Waals surface area (Å²) in [7, 11) is 0. The zero-order valence-electron chi connectivity index (χ0n) is 22.2. The minimum Gasteiger partial charge on any atom is -1.00 e. The molecule has 4 aliphatic carbocycles. The van der Waals surface area contributed by atoms with Crippen molar-refractivity contribution in [1.29, 1.82) is 0 Å². The van der Waals surface area contributed by atoms with Gasteiger partial charge in [-0.25, -0.2) is 0 Å². The fourth-order valence-electron chi connectivity index (χ4n) is 7.30. The third-order valence-corrected chi connectivity index (χ3v) is 8.83. The average molecular weight is 575 g/mol. The van der Waals surface area contributed by atoms with E-state index in [4.69, 9.17) is 0 Å². The Morgan fingerprint density at radius 1 is 0.441 bits per heavy atom. The SMILES string of the molecule is CC([O-])N(C1CCCCC1)C1CCCCC1.CC([O-])N(C1CCCCC1)C1CCCCC1.[Cl-].[Zr+3]. The molecule has 4 fully saturated rings. The van der Waals surface area contributed by atoms with E-state index in [0.717, 1.165) is 0 Å². The summed E-state index contributed by atoms with van der Waals surface area (Å²) < 4.78 is 0. The van der Waals surface area contributed by atoms with Crippen LogP contribution in [0.25, 0.3) is 0 Å². The number of hydrogen-bond donors (Lipinski definition) is 0. The molecule has 4 nitrogen and oxygen atoms in total. The summed E-state index contributed by atoms with van der Waals surface area (Å²) in [6.45, 7) is 3.70. The predicted octanol–water partition coefficient (Wildman–Crippen LogP) is 2.32. The molecule has 0 amide bonds. The van der Waals surface area contributed by atoms with Crippen molar-refractivity contribution >= 4 is 0 Å². The van der Waals surface area contributed by atoms with Crippen LogP contribution in [0.5, 0.6) is 0 Å². The van der Waals surface area contributed by atoms with Gasteiger partial charge < -0.3 is 32.4 Å². The van der Waals surface area contributed by atoms with E-state index in [0.29, 0.717) is 24.2 Å². The molecule has 2 unspecified atom stereocenters. The van der Waals surface area contributed by atoms with E-state index in [2.05, 4.69) is 9.80 Å². The van der Waals surface area contributed by atoms with Crippen LogP contribution in [0.15, 0.2) is 0 Å². The molecule has 197 valence electrons. The van der Waals surface area contributed by atoms with Gasteiger partial charge in [-0.3, -0.25) is 0 Å². The van der Waals surface area contributed by atoms with E-state index in [9.17, 15) is 10.2 Å². The fraction of sp³-hybridized carbons (Fsp3) is 1.00. The molecule has 4 rings (SSSR count). The van der Waals surface area contributed by atoms with Crippen LogP contribution in [0.3, 0.4) is 0 Å². The van der Waals surface area contributed by atoms with Crippen LogP contribution in [0.2, 0.25) is 0 Å². The Morgan fingerprint density at radius 3 is 0.765 bits per heavy atom. The standard InChI is InChI=1S/2C14H26NO.ClH.Zr/c2*1-12(16)15(13-8-4-2-5-9-13)14-10-6-3-7-11-14;;/h2*12-14H,2-11H2,1H3;1H;/q2*-1;;+3/p-1. The second-order valence-corrected chi connectivity index (χ2v) is 11.3. The third kappa shape index (κ3) is 10.4. The van der Waals surface area contributed by atoms with Gasteiger partial charge in [0.1, 0.15) is 0 Å². The maximum atomic E-state index is 12.0. The van der Waals surface area contributed by atoms with E-state index in [1.807, 2.05) is 13.8 Å². The van der Waals surface area contributed by atoms with E-state index >= 15 is 0 Å². The van der Waals surface area contributed by atoms with E-state index < -0.39 is 12.5 Å². The largest absolute Gasteiger partial charge is 3.00 e. The van der Waals surface area contributed by atoms with Crippen molar-refractivity contribution in [3.63, 3.8) is 0 Å². The van der Waals surface area contributed by atoms with Crippen molar-refractivity contribution in [1.82, 2.24) is 9.80 Å². The Balaban J connectivity index is 0.000000321. The average Bonchev–Trinajstić information content (AvgIpc) is 2.82. The Kier molecular flexibility index (Phi) is 17.8. The molecular weight excluding hydrogens is 523 g/mol. The summed E-state index contributed by atoms with van der Waals surface area (Å²) in [5.41, 5.74) is 0. The zero-order valence-corrected chi connectivity index (χ0v) is 25.4. The molecule has 0 heterocycles. The normalized spacial score (nSPS) is 25.6. The molecule has 2 atom stereocenters. The van der Waals surface area contributed by atoms with Gasteiger partial charge in [-0.1, -0.05) is 103 Å². The second-order valence-electron chi connectivity index (χ2n) is 11.3. The smallest absolute Gasteiger partial charge is 1.00 e. The van der Waals surface area contributed by atoms with E-state index in [-0.39, 0.29) is 38.6 Å². The van der Waals surface area contributed by atoms with Crippen LogP contribution in [0.1, 0.15) is 142 Å². The van der Waals surface area contributed by atoms with Crippen LogP contribution in [-0.2, 0) is 26.2 Å². The first-order valence-electron chi connectivity index (χ1n) is 14.4. The molecule has 34 heavy (non-hydrogen) atoms. The molecule has 4 aliphatic rings. The van der Waals surface area contributed by atoms with Crippen LogP contribution < -0.4 is 22.6 Å². The van der Waals surface area contributed by atoms with Crippen molar-refractivity contribution in [2.45, 2.75) is 179 Å². The number of hydrogen-bond acceptors (Lipinski definition) is 4. The zero-order chi connectivity index (χ0) is 22.8.